The standard InChI is InChI=1S/C32H44ClN3O6S2/c1-3-4-14-30(38)36(18-17-34-32(40)27(21-43)24-10-6-5-7-11-24)20-23-15-16-25(28(33)19-23)26-12-8-9-13-29(26)44(41,42)35-31(39)22(2)37/h8-9,12-13,15-16,19,22,24,27,37,43H,3-7,10-11,14,17-18,20-21H2,1-2H3,(H,34,40)(H,35,39)/t22-,27-/m0/s1. The zero-order chi connectivity index (χ0) is 32.3. The van der Waals surface area contributed by atoms with E-state index >= 15 is 0 Å². The summed E-state index contributed by atoms with van der Waals surface area (Å²) >= 11 is 11.1. The van der Waals surface area contributed by atoms with Crippen molar-refractivity contribution in [2.45, 2.75) is 82.8 Å². The van der Waals surface area contributed by atoms with E-state index < -0.39 is 22.0 Å². The van der Waals surface area contributed by atoms with Crippen molar-refractivity contribution in [3.63, 3.8) is 0 Å². The molecule has 2 aromatic carbocycles. The number of hydrogen-bond donors (Lipinski definition) is 4. The molecule has 9 nitrogen and oxygen atoms in total. The first kappa shape index (κ1) is 35.9. The van der Waals surface area contributed by atoms with Crippen LogP contribution in [0, 0.1) is 11.8 Å². The van der Waals surface area contributed by atoms with Gasteiger partial charge in [-0.05, 0) is 49.8 Å². The van der Waals surface area contributed by atoms with Crippen molar-refractivity contribution >= 4 is 52.0 Å². The second-order valence-corrected chi connectivity index (χ2v) is 13.8. The molecule has 3 rings (SSSR count). The molecule has 1 aliphatic carbocycles. The first-order valence-corrected chi connectivity index (χ1v) is 17.8. The van der Waals surface area contributed by atoms with Gasteiger partial charge in [0.15, 0.2) is 0 Å². The largest absolute Gasteiger partial charge is 0.384 e. The molecular formula is C32H44ClN3O6S2. The Bertz CT molecular complexity index is 1400. The third-order valence-corrected chi connectivity index (χ3v) is 10.1. The van der Waals surface area contributed by atoms with Crippen LogP contribution in [0.25, 0.3) is 11.1 Å². The Morgan fingerprint density at radius 3 is 2.41 bits per heavy atom. The monoisotopic (exact) mass is 665 g/mol. The molecule has 1 aliphatic rings. The fourth-order valence-corrected chi connectivity index (χ4v) is 7.54. The number of carbonyl (C=O) groups excluding carboxylic acids is 3. The van der Waals surface area contributed by atoms with E-state index in [-0.39, 0.29) is 39.8 Å². The fraction of sp³-hybridized carbons (Fsp3) is 0.531. The van der Waals surface area contributed by atoms with Gasteiger partial charge in [0, 0.05) is 53.9 Å². The molecule has 0 radical (unpaired) electrons. The molecule has 0 aromatic heterocycles. The molecule has 44 heavy (non-hydrogen) atoms. The molecule has 0 saturated heterocycles. The lowest BCUT2D eigenvalue weighted by Gasteiger charge is -2.29. The smallest absolute Gasteiger partial charge is 0.264 e. The van der Waals surface area contributed by atoms with Gasteiger partial charge < -0.3 is 15.3 Å². The van der Waals surface area contributed by atoms with Crippen molar-refractivity contribution in [2.24, 2.45) is 11.8 Å². The van der Waals surface area contributed by atoms with Gasteiger partial charge in [-0.25, -0.2) is 13.1 Å². The average molecular weight is 666 g/mol. The minimum atomic E-state index is -4.29. The van der Waals surface area contributed by atoms with E-state index in [0.717, 1.165) is 44.1 Å². The molecule has 0 unspecified atom stereocenters. The predicted molar refractivity (Wildman–Crippen MR) is 176 cm³/mol. The number of unbranched alkanes of at least 4 members (excludes halogenated alkanes) is 1. The van der Waals surface area contributed by atoms with Crippen LogP contribution >= 0.6 is 24.2 Å². The van der Waals surface area contributed by atoms with Crippen LogP contribution in [0.15, 0.2) is 47.4 Å². The number of aliphatic hydroxyl groups excluding tert-OH is 1. The van der Waals surface area contributed by atoms with Gasteiger partial charge in [-0.1, -0.05) is 74.5 Å². The molecule has 2 atom stereocenters. The maximum absolute atomic E-state index is 13.1. The molecule has 0 spiro atoms. The molecule has 12 heteroatoms. The number of nitrogens with one attached hydrogen (secondary N) is 2. The summed E-state index contributed by atoms with van der Waals surface area (Å²) in [5, 5.41) is 12.8. The highest BCUT2D eigenvalue weighted by Crippen LogP contribution is 2.34. The number of hydrogen-bond acceptors (Lipinski definition) is 7. The lowest BCUT2D eigenvalue weighted by molar-refractivity contribution is -0.133. The summed E-state index contributed by atoms with van der Waals surface area (Å²) < 4.78 is 27.8. The van der Waals surface area contributed by atoms with Crippen molar-refractivity contribution in [3.8, 4) is 11.1 Å². The van der Waals surface area contributed by atoms with Crippen molar-refractivity contribution in [1.29, 1.82) is 0 Å². The van der Waals surface area contributed by atoms with Crippen LogP contribution in [-0.4, -0.2) is 61.1 Å². The van der Waals surface area contributed by atoms with E-state index in [1.807, 2.05) is 11.6 Å². The Kier molecular flexibility index (Phi) is 14.0. The Morgan fingerprint density at radius 1 is 1.07 bits per heavy atom. The zero-order valence-electron chi connectivity index (χ0n) is 25.4. The summed E-state index contributed by atoms with van der Waals surface area (Å²) in [7, 11) is -4.29. The summed E-state index contributed by atoms with van der Waals surface area (Å²) in [6.45, 7) is 4.12. The SMILES string of the molecule is CCCCC(=O)N(CCNC(=O)[C@@H](CS)C1CCCCC1)Cc1ccc(-c2ccccc2S(=O)(=O)NC(=O)[C@H](C)O)c(Cl)c1. The van der Waals surface area contributed by atoms with Gasteiger partial charge in [0.25, 0.3) is 15.9 Å². The maximum Gasteiger partial charge on any atom is 0.264 e. The zero-order valence-corrected chi connectivity index (χ0v) is 27.9. The average Bonchev–Trinajstić information content (AvgIpc) is 3.00. The van der Waals surface area contributed by atoms with Crippen molar-refractivity contribution in [3.05, 3.63) is 53.1 Å². The number of rotatable bonds is 15. The Labute approximate surface area is 271 Å². The van der Waals surface area contributed by atoms with Gasteiger partial charge in [0.2, 0.25) is 11.8 Å². The highest BCUT2D eigenvalue weighted by atomic mass is 35.5. The number of aliphatic hydroxyl groups is 1. The van der Waals surface area contributed by atoms with Crippen LogP contribution in [0.1, 0.15) is 70.8 Å². The lowest BCUT2D eigenvalue weighted by atomic mass is 9.80. The highest BCUT2D eigenvalue weighted by Gasteiger charge is 2.29. The highest BCUT2D eigenvalue weighted by molar-refractivity contribution is 7.90. The number of halogens is 1. The van der Waals surface area contributed by atoms with Gasteiger partial charge in [-0.15, -0.1) is 0 Å². The molecule has 3 N–H and O–H groups in total. The van der Waals surface area contributed by atoms with E-state index in [1.54, 1.807) is 35.2 Å². The van der Waals surface area contributed by atoms with Crippen LogP contribution in [0.4, 0.5) is 0 Å². The molecule has 0 heterocycles. The number of sulfonamides is 1. The molecular weight excluding hydrogens is 622 g/mol. The summed E-state index contributed by atoms with van der Waals surface area (Å²) in [6, 6.07) is 11.3. The van der Waals surface area contributed by atoms with Gasteiger partial charge in [0.1, 0.15) is 6.10 Å². The van der Waals surface area contributed by atoms with Crippen LogP contribution < -0.4 is 10.0 Å². The summed E-state index contributed by atoms with van der Waals surface area (Å²) in [5.74, 6) is -0.374. The minimum Gasteiger partial charge on any atom is -0.384 e. The Balaban J connectivity index is 1.76. The van der Waals surface area contributed by atoms with Crippen LogP contribution in [0.2, 0.25) is 5.02 Å². The van der Waals surface area contributed by atoms with Gasteiger partial charge >= 0.3 is 0 Å². The predicted octanol–water partition coefficient (Wildman–Crippen LogP) is 4.95. The van der Waals surface area contributed by atoms with E-state index in [9.17, 15) is 27.9 Å². The number of carbonyl (C=O) groups is 3. The Hall–Kier alpha value is -2.60. The van der Waals surface area contributed by atoms with Crippen molar-refractivity contribution in [1.82, 2.24) is 14.9 Å². The normalized spacial score (nSPS) is 15.3. The van der Waals surface area contributed by atoms with E-state index in [4.69, 9.17) is 11.6 Å². The van der Waals surface area contributed by atoms with Crippen LogP contribution in [0.5, 0.6) is 0 Å². The van der Waals surface area contributed by atoms with Crippen molar-refractivity contribution < 1.29 is 27.9 Å². The van der Waals surface area contributed by atoms with E-state index in [0.29, 0.717) is 36.7 Å². The fourth-order valence-electron chi connectivity index (χ4n) is 5.50. The first-order valence-electron chi connectivity index (χ1n) is 15.3. The molecule has 1 fully saturated rings. The van der Waals surface area contributed by atoms with Gasteiger partial charge in [-0.3, -0.25) is 14.4 Å². The topological polar surface area (TPSA) is 133 Å². The van der Waals surface area contributed by atoms with Gasteiger partial charge in [-0.2, -0.15) is 12.6 Å². The van der Waals surface area contributed by atoms with Crippen molar-refractivity contribution in [2.75, 3.05) is 18.8 Å². The van der Waals surface area contributed by atoms with E-state index in [1.165, 1.54) is 25.5 Å². The third-order valence-electron chi connectivity index (χ3n) is 8.02. The Morgan fingerprint density at radius 2 is 1.77 bits per heavy atom. The molecule has 1 saturated carbocycles. The minimum absolute atomic E-state index is 0.0153. The van der Waals surface area contributed by atoms with Crippen LogP contribution in [0.3, 0.4) is 0 Å². The maximum atomic E-state index is 13.1. The van der Waals surface area contributed by atoms with Gasteiger partial charge in [0.05, 0.1) is 4.90 Å². The first-order chi connectivity index (χ1) is 21.0. The number of amides is 3. The summed E-state index contributed by atoms with van der Waals surface area (Å²) in [4.78, 5) is 39.6. The quantitative estimate of drug-likeness (QED) is 0.199. The molecule has 242 valence electrons. The second-order valence-electron chi connectivity index (χ2n) is 11.4. The number of thiol groups is 1. The summed E-state index contributed by atoms with van der Waals surface area (Å²) in [5.41, 5.74) is 1.45. The van der Waals surface area contributed by atoms with E-state index in [2.05, 4.69) is 17.9 Å². The lowest BCUT2D eigenvalue weighted by Crippen LogP contribution is -2.42. The molecule has 2 aromatic rings. The molecule has 3 amide bonds. The molecule has 0 aliphatic heterocycles. The molecule has 0 bridgehead atoms. The number of nitrogens with zero attached hydrogens (tertiary/aromatic N) is 1. The number of benzene rings is 2. The van der Waals surface area contributed by atoms with Crippen LogP contribution in [-0.2, 0) is 31.0 Å². The summed E-state index contributed by atoms with van der Waals surface area (Å²) in [6.07, 6.45) is 6.11. The second kappa shape index (κ2) is 17.2. The third kappa shape index (κ3) is 9.95.